The SMILES string of the molecule is CC[C@H](C)[C@@H](NCc1cnc(N)nc1)C(=O)O. The van der Waals surface area contributed by atoms with Crippen LogP contribution < -0.4 is 11.1 Å². The van der Waals surface area contributed by atoms with E-state index in [0.717, 1.165) is 12.0 Å². The van der Waals surface area contributed by atoms with Crippen LogP contribution in [0.5, 0.6) is 0 Å². The van der Waals surface area contributed by atoms with E-state index in [-0.39, 0.29) is 11.9 Å². The van der Waals surface area contributed by atoms with Crippen LogP contribution in [0.15, 0.2) is 12.4 Å². The molecule has 1 rings (SSSR count). The molecule has 0 aromatic carbocycles. The van der Waals surface area contributed by atoms with Gasteiger partial charge in [-0.15, -0.1) is 0 Å². The van der Waals surface area contributed by atoms with E-state index < -0.39 is 12.0 Å². The quantitative estimate of drug-likeness (QED) is 0.672. The predicted octanol–water partition coefficient (Wildman–Crippen LogP) is 0.648. The summed E-state index contributed by atoms with van der Waals surface area (Å²) in [6.07, 6.45) is 3.98. The number of hydrogen-bond donors (Lipinski definition) is 3. The second-order valence-corrected chi connectivity index (χ2v) is 4.03. The summed E-state index contributed by atoms with van der Waals surface area (Å²) in [5.41, 5.74) is 6.18. The van der Waals surface area contributed by atoms with Crippen LogP contribution in [0, 0.1) is 5.92 Å². The second kappa shape index (κ2) is 6.15. The molecule has 4 N–H and O–H groups in total. The van der Waals surface area contributed by atoms with E-state index in [4.69, 9.17) is 10.8 Å². The van der Waals surface area contributed by atoms with Crippen molar-refractivity contribution in [3.63, 3.8) is 0 Å². The number of hydrogen-bond acceptors (Lipinski definition) is 5. The number of carboxylic acid groups (broad SMARTS) is 1. The molecule has 0 aliphatic rings. The Balaban J connectivity index is 2.57. The highest BCUT2D eigenvalue weighted by Gasteiger charge is 2.22. The number of nitrogens with two attached hydrogens (primary N) is 1. The smallest absolute Gasteiger partial charge is 0.320 e. The summed E-state index contributed by atoms with van der Waals surface area (Å²) in [4.78, 5) is 18.8. The molecule has 0 spiro atoms. The van der Waals surface area contributed by atoms with Gasteiger partial charge in [-0.1, -0.05) is 20.3 Å². The van der Waals surface area contributed by atoms with Gasteiger partial charge in [0.1, 0.15) is 6.04 Å². The van der Waals surface area contributed by atoms with Crippen molar-refractivity contribution in [3.05, 3.63) is 18.0 Å². The Bertz CT molecular complexity index is 366. The van der Waals surface area contributed by atoms with E-state index in [1.165, 1.54) is 0 Å². The maximum atomic E-state index is 11.1. The summed E-state index contributed by atoms with van der Waals surface area (Å²) in [6.45, 7) is 4.29. The van der Waals surface area contributed by atoms with Crippen LogP contribution >= 0.6 is 0 Å². The van der Waals surface area contributed by atoms with Gasteiger partial charge in [0.2, 0.25) is 5.95 Å². The molecule has 0 fully saturated rings. The molecule has 0 unspecified atom stereocenters. The minimum Gasteiger partial charge on any atom is -0.480 e. The number of aromatic nitrogens is 2. The number of carboxylic acids is 1. The molecule has 6 nitrogen and oxygen atoms in total. The largest absolute Gasteiger partial charge is 0.480 e. The molecule has 0 aliphatic carbocycles. The molecule has 0 radical (unpaired) electrons. The molecule has 1 aromatic heterocycles. The Kier molecular flexibility index (Phi) is 4.84. The van der Waals surface area contributed by atoms with Crippen molar-refractivity contribution in [2.45, 2.75) is 32.9 Å². The fourth-order valence-corrected chi connectivity index (χ4v) is 1.45. The van der Waals surface area contributed by atoms with Gasteiger partial charge in [-0.2, -0.15) is 0 Å². The summed E-state index contributed by atoms with van der Waals surface area (Å²) in [5, 5.41) is 12.1. The van der Waals surface area contributed by atoms with Crippen molar-refractivity contribution in [1.29, 1.82) is 0 Å². The van der Waals surface area contributed by atoms with E-state index >= 15 is 0 Å². The van der Waals surface area contributed by atoms with Crippen LogP contribution in [0.4, 0.5) is 5.95 Å². The minimum absolute atomic E-state index is 0.0715. The first-order chi connectivity index (χ1) is 8.04. The Morgan fingerprint density at radius 2 is 2.12 bits per heavy atom. The Hall–Kier alpha value is -1.69. The van der Waals surface area contributed by atoms with E-state index in [1.807, 2.05) is 13.8 Å². The van der Waals surface area contributed by atoms with Crippen molar-refractivity contribution in [2.75, 3.05) is 5.73 Å². The molecule has 0 saturated carbocycles. The zero-order valence-electron chi connectivity index (χ0n) is 10.1. The highest BCUT2D eigenvalue weighted by atomic mass is 16.4. The summed E-state index contributed by atoms with van der Waals surface area (Å²) >= 11 is 0. The van der Waals surface area contributed by atoms with E-state index in [9.17, 15) is 4.79 Å². The van der Waals surface area contributed by atoms with Crippen molar-refractivity contribution in [1.82, 2.24) is 15.3 Å². The zero-order chi connectivity index (χ0) is 12.8. The normalized spacial score (nSPS) is 14.2. The first kappa shape index (κ1) is 13.4. The molecule has 6 heteroatoms. The lowest BCUT2D eigenvalue weighted by Gasteiger charge is -2.19. The third kappa shape index (κ3) is 3.99. The third-order valence-electron chi connectivity index (χ3n) is 2.73. The van der Waals surface area contributed by atoms with Crippen LogP contribution in [0.2, 0.25) is 0 Å². The average Bonchev–Trinajstić information content (AvgIpc) is 2.31. The van der Waals surface area contributed by atoms with Gasteiger partial charge in [0.25, 0.3) is 0 Å². The molecule has 1 heterocycles. The molecule has 2 atom stereocenters. The fourth-order valence-electron chi connectivity index (χ4n) is 1.45. The predicted molar refractivity (Wildman–Crippen MR) is 64.2 cm³/mol. The molecule has 1 aromatic rings. The first-order valence-electron chi connectivity index (χ1n) is 5.57. The topological polar surface area (TPSA) is 101 Å². The Morgan fingerprint density at radius 3 is 2.59 bits per heavy atom. The summed E-state index contributed by atoms with van der Waals surface area (Å²) in [5.74, 6) is -0.552. The van der Waals surface area contributed by atoms with Crippen molar-refractivity contribution < 1.29 is 9.90 Å². The van der Waals surface area contributed by atoms with E-state index in [1.54, 1.807) is 12.4 Å². The summed E-state index contributed by atoms with van der Waals surface area (Å²) in [6, 6.07) is -0.558. The lowest BCUT2D eigenvalue weighted by Crippen LogP contribution is -2.41. The van der Waals surface area contributed by atoms with Crippen LogP contribution in [0.1, 0.15) is 25.8 Å². The van der Waals surface area contributed by atoms with Crippen molar-refractivity contribution >= 4 is 11.9 Å². The maximum Gasteiger partial charge on any atom is 0.320 e. The van der Waals surface area contributed by atoms with Gasteiger partial charge in [0, 0.05) is 24.5 Å². The van der Waals surface area contributed by atoms with Crippen LogP contribution in [-0.4, -0.2) is 27.1 Å². The number of carbonyl (C=O) groups is 1. The highest BCUT2D eigenvalue weighted by molar-refractivity contribution is 5.73. The fraction of sp³-hybridized carbons (Fsp3) is 0.545. The molecule has 0 bridgehead atoms. The number of nitrogen functional groups attached to an aromatic ring is 1. The van der Waals surface area contributed by atoms with Gasteiger partial charge >= 0.3 is 5.97 Å². The van der Waals surface area contributed by atoms with Crippen LogP contribution in [0.3, 0.4) is 0 Å². The second-order valence-electron chi connectivity index (χ2n) is 4.03. The Morgan fingerprint density at radius 1 is 1.53 bits per heavy atom. The molecule has 17 heavy (non-hydrogen) atoms. The van der Waals surface area contributed by atoms with Crippen LogP contribution in [0.25, 0.3) is 0 Å². The van der Waals surface area contributed by atoms with Crippen molar-refractivity contribution in [2.24, 2.45) is 5.92 Å². The lowest BCUT2D eigenvalue weighted by molar-refractivity contribution is -0.140. The standard InChI is InChI=1S/C11H18N4O2/c1-3-7(2)9(10(16)17)13-4-8-5-14-11(12)15-6-8/h5-7,9,13H,3-4H2,1-2H3,(H,16,17)(H2,12,14,15)/t7-,9+/m0/s1. The number of anilines is 1. The Labute approximate surface area is 100 Å². The highest BCUT2D eigenvalue weighted by Crippen LogP contribution is 2.09. The summed E-state index contributed by atoms with van der Waals surface area (Å²) < 4.78 is 0. The summed E-state index contributed by atoms with van der Waals surface area (Å²) in [7, 11) is 0. The monoisotopic (exact) mass is 238 g/mol. The van der Waals surface area contributed by atoms with Gasteiger partial charge in [-0.25, -0.2) is 9.97 Å². The lowest BCUT2D eigenvalue weighted by atomic mass is 9.99. The van der Waals surface area contributed by atoms with Gasteiger partial charge in [0.05, 0.1) is 0 Å². The van der Waals surface area contributed by atoms with Gasteiger partial charge in [0.15, 0.2) is 0 Å². The minimum atomic E-state index is -0.837. The maximum absolute atomic E-state index is 11.1. The number of aliphatic carboxylic acids is 1. The zero-order valence-corrected chi connectivity index (χ0v) is 10.1. The number of rotatable bonds is 6. The molecule has 0 aliphatic heterocycles. The third-order valence-corrected chi connectivity index (χ3v) is 2.73. The van der Waals surface area contributed by atoms with Crippen LogP contribution in [-0.2, 0) is 11.3 Å². The molecule has 0 saturated heterocycles. The molecule has 0 amide bonds. The van der Waals surface area contributed by atoms with Gasteiger partial charge in [-0.3, -0.25) is 10.1 Å². The van der Waals surface area contributed by atoms with E-state index in [0.29, 0.717) is 6.54 Å². The molecule has 94 valence electrons. The number of nitrogens with one attached hydrogen (secondary N) is 1. The molecular formula is C11H18N4O2. The first-order valence-corrected chi connectivity index (χ1v) is 5.57. The van der Waals surface area contributed by atoms with E-state index in [2.05, 4.69) is 15.3 Å². The van der Waals surface area contributed by atoms with Gasteiger partial charge < -0.3 is 10.8 Å². The van der Waals surface area contributed by atoms with Crippen molar-refractivity contribution in [3.8, 4) is 0 Å². The van der Waals surface area contributed by atoms with Gasteiger partial charge in [-0.05, 0) is 5.92 Å². The molecular weight excluding hydrogens is 220 g/mol. The number of nitrogens with zero attached hydrogens (tertiary/aromatic N) is 2. The average molecular weight is 238 g/mol.